The summed E-state index contributed by atoms with van der Waals surface area (Å²) >= 11 is 0. The normalized spacial score (nSPS) is 30.4. The molecule has 4 N–H and O–H groups in total. The van der Waals surface area contributed by atoms with E-state index in [4.69, 9.17) is 18.9 Å². The number of anilines is 1. The van der Waals surface area contributed by atoms with Crippen LogP contribution >= 0.6 is 0 Å². The van der Waals surface area contributed by atoms with Crippen molar-refractivity contribution in [2.75, 3.05) is 38.2 Å². The van der Waals surface area contributed by atoms with Crippen LogP contribution in [-0.4, -0.2) is 118 Å². The highest BCUT2D eigenvalue weighted by atomic mass is 16.7. The molecular formula is C51H60N4O12. The van der Waals surface area contributed by atoms with Crippen LogP contribution in [0.3, 0.4) is 0 Å². The largest absolute Gasteiger partial charge is 0.507 e. The minimum Gasteiger partial charge on any atom is -0.507 e. The molecule has 3 aromatic rings. The molecule has 0 radical (unpaired) electrons. The number of benzene rings is 2. The highest BCUT2D eigenvalue weighted by Crippen LogP contribution is 2.49. The van der Waals surface area contributed by atoms with Crippen molar-refractivity contribution >= 4 is 45.8 Å². The van der Waals surface area contributed by atoms with Crippen LogP contribution in [-0.2, 0) is 23.8 Å². The predicted octanol–water partition coefficient (Wildman–Crippen LogP) is 5.64. The molecule has 8 rings (SSSR count). The highest BCUT2D eigenvalue weighted by Gasteiger charge is 2.53. The number of piperazine rings is 1. The van der Waals surface area contributed by atoms with Gasteiger partial charge in [0.2, 0.25) is 11.6 Å². The Morgan fingerprint density at radius 2 is 1.55 bits per heavy atom. The Morgan fingerprint density at radius 1 is 0.881 bits per heavy atom. The molecule has 1 saturated heterocycles. The number of phenols is 1. The van der Waals surface area contributed by atoms with Gasteiger partial charge in [-0.3, -0.25) is 29.0 Å². The first-order valence-electron chi connectivity index (χ1n) is 22.6. The lowest BCUT2D eigenvalue weighted by Crippen LogP contribution is -2.50. The van der Waals surface area contributed by atoms with Crippen molar-refractivity contribution in [3.8, 4) is 11.5 Å². The Morgan fingerprint density at radius 3 is 2.22 bits per heavy atom. The smallest absolute Gasteiger partial charge is 0.312 e. The average molecular weight is 921 g/mol. The van der Waals surface area contributed by atoms with Gasteiger partial charge in [-0.1, -0.05) is 64.1 Å². The molecule has 67 heavy (non-hydrogen) atoms. The van der Waals surface area contributed by atoms with Gasteiger partial charge in [0.1, 0.15) is 29.0 Å². The van der Waals surface area contributed by atoms with Gasteiger partial charge < -0.3 is 49.4 Å². The number of nitrogens with one attached hydrogen (secondary N) is 1. The lowest BCUT2D eigenvalue weighted by Gasteiger charge is -2.40. The monoisotopic (exact) mass is 920 g/mol. The number of pyridine rings is 1. The molecule has 4 aliphatic heterocycles. The second-order valence-corrected chi connectivity index (χ2v) is 18.3. The number of carbonyl (C=O) groups excluding carboxylic acids is 5. The molecule has 1 aliphatic carbocycles. The Balaban J connectivity index is 1.33. The van der Waals surface area contributed by atoms with Gasteiger partial charge in [-0.15, -0.1) is 0 Å². The summed E-state index contributed by atoms with van der Waals surface area (Å²) in [6.07, 6.45) is 3.45. The Hall–Kier alpha value is -6.36. The van der Waals surface area contributed by atoms with Gasteiger partial charge >= 0.3 is 11.8 Å². The number of aryl methyl sites for hydroxylation is 1. The van der Waals surface area contributed by atoms with Crippen molar-refractivity contribution in [2.45, 2.75) is 92.5 Å². The summed E-state index contributed by atoms with van der Waals surface area (Å²) in [6.45, 7) is 15.7. The van der Waals surface area contributed by atoms with Gasteiger partial charge in [0.15, 0.2) is 0 Å². The number of aliphatic hydroxyl groups is 2. The number of nitrogens with zero attached hydrogens (tertiary/aromatic N) is 3. The number of para-hydroxylation sites is 1. The summed E-state index contributed by atoms with van der Waals surface area (Å²) in [6, 6.07) is 9.81. The van der Waals surface area contributed by atoms with Crippen molar-refractivity contribution in [2.24, 2.45) is 23.7 Å². The third kappa shape index (κ3) is 8.97. The number of aliphatic hydroxyl groups excluding tert-OH is 2. The van der Waals surface area contributed by atoms with Crippen LogP contribution in [0.1, 0.15) is 90.8 Å². The number of carbonyl (C=O) groups is 5. The third-order valence-electron chi connectivity index (χ3n) is 13.7. The van der Waals surface area contributed by atoms with Gasteiger partial charge in [0, 0.05) is 98.7 Å². The summed E-state index contributed by atoms with van der Waals surface area (Å²) in [4.78, 5) is 79.8. The number of aromatic nitrogens is 1. The highest BCUT2D eigenvalue weighted by molar-refractivity contribution is 6.32. The van der Waals surface area contributed by atoms with Crippen LogP contribution in [0.25, 0.3) is 10.9 Å². The van der Waals surface area contributed by atoms with Gasteiger partial charge in [-0.05, 0) is 39.0 Å². The van der Waals surface area contributed by atoms with E-state index < -0.39 is 94.4 Å². The number of Topliss-reactive ketones (excluding diaryl/α,β-unsaturated/α-hetero) is 3. The van der Waals surface area contributed by atoms with E-state index in [2.05, 4.69) is 15.2 Å². The van der Waals surface area contributed by atoms with Crippen molar-refractivity contribution in [1.82, 2.24) is 15.2 Å². The SMILES string of the molecule is CO[C@H]1/C=C/O[C@@]2(C)Oc3c(C)c(O)c4c(c3C2=O)C(=O)C(N2CCN(c3cc(C)nc5ccccc35)CC2)=C(NC(=O)/C(C)=C\C=C\[C@H](C)[C@H](O)[C@@H](C)[C@H](O)[C@H](C)[C@H](OC(C)=O)[C@@H]1C)C4=O. The number of ketones is 3. The maximum Gasteiger partial charge on any atom is 0.312 e. The van der Waals surface area contributed by atoms with Crippen molar-refractivity contribution < 1.29 is 58.2 Å². The molecule has 0 unspecified atom stereocenters. The molecule has 5 heterocycles. The molecular weight excluding hydrogens is 861 g/mol. The van der Waals surface area contributed by atoms with Crippen LogP contribution in [0, 0.1) is 37.5 Å². The van der Waals surface area contributed by atoms with Gasteiger partial charge in [-0.2, -0.15) is 0 Å². The van der Waals surface area contributed by atoms with Crippen LogP contribution in [0.5, 0.6) is 11.5 Å². The Labute approximate surface area is 389 Å². The number of phenolic OH excluding ortho intramolecular Hbond substituents is 1. The molecule has 1 amide bonds. The lowest BCUT2D eigenvalue weighted by molar-refractivity contribution is -0.160. The van der Waals surface area contributed by atoms with E-state index in [-0.39, 0.29) is 52.5 Å². The standard InChI is InChI=1S/C51H60N4O12/c1-25-14-13-15-26(2)50(63)53-40-41(55-21-19-54(20-22-55)35-24-27(3)52-34-17-12-11-16-33(34)35)46(61)37-38(45(40)60)44(59)31(7)48-39(37)49(62)51(9,67-48)65-23-18-36(64-10)28(4)47(66-32(8)56)30(6)43(58)29(5)42(25)57/h11-18,23-25,28-30,36,42-43,47,57-59H,19-22H2,1-10H3,(H,53,63)/b14-13+,23-18+,26-15-/t25-,28+,29+,30-,36-,42-,43-,47+,51-/m0/s1. The molecule has 5 bridgehead atoms. The maximum absolute atomic E-state index is 15.2. The van der Waals surface area contributed by atoms with E-state index in [9.17, 15) is 34.5 Å². The Kier molecular flexibility index (Phi) is 13.8. The number of rotatable bonds is 4. The molecule has 5 aliphatic rings. The number of aromatic hydroxyl groups is 1. The molecule has 1 aromatic heterocycles. The first-order valence-corrected chi connectivity index (χ1v) is 22.6. The summed E-state index contributed by atoms with van der Waals surface area (Å²) < 4.78 is 23.8. The number of fused-ring (bicyclic) bond motifs is 15. The van der Waals surface area contributed by atoms with Crippen LogP contribution in [0.4, 0.5) is 5.69 Å². The quantitative estimate of drug-likeness (QED) is 0.233. The average Bonchev–Trinajstić information content (AvgIpc) is 3.57. The van der Waals surface area contributed by atoms with E-state index in [0.29, 0.717) is 13.1 Å². The number of methoxy groups -OCH3 is 1. The molecule has 16 heteroatoms. The fraction of sp³-hybridized carbons (Fsp3) is 0.451. The first kappa shape index (κ1) is 48.6. The number of esters is 1. The van der Waals surface area contributed by atoms with Crippen LogP contribution in [0.2, 0.25) is 0 Å². The van der Waals surface area contributed by atoms with Crippen molar-refractivity contribution in [3.63, 3.8) is 0 Å². The number of ether oxygens (including phenoxy) is 4. The molecule has 356 valence electrons. The molecule has 0 spiro atoms. The fourth-order valence-corrected chi connectivity index (χ4v) is 9.70. The molecule has 1 fully saturated rings. The minimum atomic E-state index is -2.10. The van der Waals surface area contributed by atoms with E-state index >= 15 is 4.79 Å². The predicted molar refractivity (Wildman–Crippen MR) is 248 cm³/mol. The zero-order valence-corrected chi connectivity index (χ0v) is 39.6. The number of amides is 1. The van der Waals surface area contributed by atoms with Crippen LogP contribution in [0.15, 0.2) is 77.9 Å². The van der Waals surface area contributed by atoms with E-state index in [0.717, 1.165) is 22.3 Å². The zero-order valence-electron chi connectivity index (χ0n) is 39.6. The van der Waals surface area contributed by atoms with Crippen molar-refractivity contribution in [1.29, 1.82) is 0 Å². The van der Waals surface area contributed by atoms with E-state index in [1.807, 2.05) is 37.3 Å². The number of hydrogen-bond donors (Lipinski definition) is 4. The van der Waals surface area contributed by atoms with Gasteiger partial charge in [-0.25, -0.2) is 0 Å². The summed E-state index contributed by atoms with van der Waals surface area (Å²) in [7, 11) is 1.43. The summed E-state index contributed by atoms with van der Waals surface area (Å²) in [5.41, 5.74) is 1.17. The minimum absolute atomic E-state index is 0.000374. The lowest BCUT2D eigenvalue weighted by atomic mass is 9.78. The summed E-state index contributed by atoms with van der Waals surface area (Å²) in [5, 5.41) is 38.4. The number of allylic oxidation sites excluding steroid dienone is 4. The Bertz CT molecular complexity index is 2640. The topological polar surface area (TPSA) is 214 Å². The summed E-state index contributed by atoms with van der Waals surface area (Å²) in [5.74, 6) is -9.18. The number of hydrogen-bond acceptors (Lipinski definition) is 15. The maximum atomic E-state index is 15.2. The molecule has 16 nitrogen and oxygen atoms in total. The molecule has 2 aromatic carbocycles. The van der Waals surface area contributed by atoms with E-state index in [1.54, 1.807) is 44.7 Å². The molecule has 9 atom stereocenters. The van der Waals surface area contributed by atoms with Crippen LogP contribution < -0.4 is 15.0 Å². The second kappa shape index (κ2) is 19.1. The van der Waals surface area contributed by atoms with Gasteiger partial charge in [0.05, 0.1) is 46.8 Å². The van der Waals surface area contributed by atoms with E-state index in [1.165, 1.54) is 53.2 Å². The first-order chi connectivity index (χ1) is 31.7. The van der Waals surface area contributed by atoms with Gasteiger partial charge in [0.25, 0.3) is 11.7 Å². The zero-order chi connectivity index (χ0) is 48.8. The third-order valence-corrected chi connectivity index (χ3v) is 13.7. The fourth-order valence-electron chi connectivity index (χ4n) is 9.70. The molecule has 0 saturated carbocycles. The second-order valence-electron chi connectivity index (χ2n) is 18.3. The van der Waals surface area contributed by atoms with Crippen molar-refractivity contribution in [3.05, 3.63) is 106 Å².